The van der Waals surface area contributed by atoms with Crippen LogP contribution in [0.1, 0.15) is 33.4 Å². The van der Waals surface area contributed by atoms with Crippen molar-refractivity contribution in [2.24, 2.45) is 0 Å². The molecule has 0 amide bonds. The Morgan fingerprint density at radius 3 is 1.40 bits per heavy atom. The van der Waals surface area contributed by atoms with E-state index >= 15 is 0 Å². The van der Waals surface area contributed by atoms with Gasteiger partial charge in [0.05, 0.1) is 22.5 Å². The van der Waals surface area contributed by atoms with Crippen molar-refractivity contribution in [1.29, 1.82) is 0 Å². The number of anilines is 6. The zero-order valence-electron chi connectivity index (χ0n) is 40.1. The molecule has 0 radical (unpaired) electrons. The molecule has 0 N–H and O–H groups in total. The second-order valence-electron chi connectivity index (χ2n) is 19.3. The van der Waals surface area contributed by atoms with Crippen LogP contribution in [0, 0.1) is 13.8 Å². The first-order chi connectivity index (χ1) is 35.6. The molecule has 14 rings (SSSR count). The first kappa shape index (κ1) is 41.8. The van der Waals surface area contributed by atoms with Crippen LogP contribution >= 0.6 is 0 Å². The second-order valence-corrected chi connectivity index (χ2v) is 19.3. The molecular formula is C69H48N2O. The van der Waals surface area contributed by atoms with E-state index in [0.717, 1.165) is 83.9 Å². The zero-order chi connectivity index (χ0) is 47.9. The van der Waals surface area contributed by atoms with E-state index in [0.29, 0.717) is 0 Å². The molecule has 3 heteroatoms. The van der Waals surface area contributed by atoms with Crippen molar-refractivity contribution in [3.05, 3.63) is 288 Å². The average Bonchev–Trinajstić information content (AvgIpc) is 4.07. The molecule has 0 saturated carbocycles. The smallest absolute Gasteiger partial charge is 0.138 e. The summed E-state index contributed by atoms with van der Waals surface area (Å²) in [4.78, 5) is 4.92. The fourth-order valence-corrected chi connectivity index (χ4v) is 12.3. The van der Waals surface area contributed by atoms with E-state index in [2.05, 4.69) is 278 Å². The number of furan rings is 1. The Hall–Kier alpha value is -9.18. The summed E-state index contributed by atoms with van der Waals surface area (Å²) in [5, 5.41) is 2.29. The summed E-state index contributed by atoms with van der Waals surface area (Å²) in [5.41, 5.74) is 25.1. The van der Waals surface area contributed by atoms with Crippen molar-refractivity contribution in [3.63, 3.8) is 0 Å². The van der Waals surface area contributed by atoms with Crippen LogP contribution < -0.4 is 9.80 Å². The minimum atomic E-state index is -0.487. The molecule has 0 unspecified atom stereocenters. The predicted molar refractivity (Wildman–Crippen MR) is 300 cm³/mol. The first-order valence-electron chi connectivity index (χ1n) is 24.9. The molecule has 12 aromatic rings. The molecule has 2 aliphatic rings. The van der Waals surface area contributed by atoms with Gasteiger partial charge in [0, 0.05) is 39.0 Å². The Kier molecular flexibility index (Phi) is 9.56. The van der Waals surface area contributed by atoms with Crippen LogP contribution in [0.25, 0.3) is 66.4 Å². The third-order valence-corrected chi connectivity index (χ3v) is 15.2. The van der Waals surface area contributed by atoms with Crippen LogP contribution in [0.3, 0.4) is 0 Å². The molecule has 72 heavy (non-hydrogen) atoms. The van der Waals surface area contributed by atoms with Gasteiger partial charge >= 0.3 is 0 Å². The van der Waals surface area contributed by atoms with Gasteiger partial charge in [-0.05, 0) is 153 Å². The summed E-state index contributed by atoms with van der Waals surface area (Å²) < 4.78 is 6.42. The summed E-state index contributed by atoms with van der Waals surface area (Å²) >= 11 is 0. The molecule has 2 aliphatic carbocycles. The molecule has 0 saturated heterocycles. The van der Waals surface area contributed by atoms with Crippen LogP contribution in [-0.2, 0) is 5.41 Å². The van der Waals surface area contributed by atoms with Crippen molar-refractivity contribution in [3.8, 4) is 44.5 Å². The summed E-state index contributed by atoms with van der Waals surface area (Å²) in [6.07, 6.45) is 0. The van der Waals surface area contributed by atoms with Crippen LogP contribution in [0.5, 0.6) is 0 Å². The standard InChI is InChI=1S/C69H48N2O/c1-45-42-46(2)68-57(43-45)56-44-49(40-41-65(56)72-68)47-36-38-48(39-37-47)66-62(70(50-20-6-3-7-21-50)51-22-8-4-9-23-51)34-19-35-63(66)71(52-24-10-5-11-25-52)64-33-18-32-61-67(64)55-28-14-17-31-60(55)69(61)58-29-15-12-26-53(58)54-27-13-16-30-59(54)69/h3-44H,1-2H3. The summed E-state index contributed by atoms with van der Waals surface area (Å²) in [6, 6.07) is 93.7. The number of benzene rings is 11. The van der Waals surface area contributed by atoms with E-state index in [9.17, 15) is 0 Å². The number of aryl methyl sites for hydroxylation is 2. The lowest BCUT2D eigenvalue weighted by atomic mass is 9.70. The molecule has 0 atom stereocenters. The van der Waals surface area contributed by atoms with Gasteiger partial charge in [0.25, 0.3) is 0 Å². The van der Waals surface area contributed by atoms with Gasteiger partial charge in [0.1, 0.15) is 11.2 Å². The molecule has 0 aliphatic heterocycles. The van der Waals surface area contributed by atoms with E-state index < -0.39 is 5.41 Å². The number of nitrogens with zero attached hydrogens (tertiary/aromatic N) is 2. The molecule has 11 aromatic carbocycles. The SMILES string of the molecule is Cc1cc(C)c2oc3ccc(-c4ccc(-c5c(N(c6ccccc6)c6ccccc6)cccc5N(c5ccccc5)c5cccc6c5-c5ccccc5C65c6ccccc6-c6ccccc65)cc4)cc3c2c1. The predicted octanol–water partition coefficient (Wildman–Crippen LogP) is 18.8. The van der Waals surface area contributed by atoms with E-state index in [4.69, 9.17) is 4.42 Å². The molecule has 0 bridgehead atoms. The van der Waals surface area contributed by atoms with Crippen LogP contribution in [0.15, 0.2) is 259 Å². The van der Waals surface area contributed by atoms with Crippen LogP contribution in [0.2, 0.25) is 0 Å². The first-order valence-corrected chi connectivity index (χ1v) is 24.9. The maximum atomic E-state index is 6.42. The zero-order valence-corrected chi connectivity index (χ0v) is 40.1. The molecule has 0 fully saturated rings. The number of hydrogen-bond acceptors (Lipinski definition) is 3. The van der Waals surface area contributed by atoms with Gasteiger partial charge in [-0.2, -0.15) is 0 Å². The van der Waals surface area contributed by atoms with E-state index in [1.807, 2.05) is 0 Å². The molecule has 3 nitrogen and oxygen atoms in total. The summed E-state index contributed by atoms with van der Waals surface area (Å²) in [7, 11) is 0. The Bertz CT molecular complexity index is 3980. The maximum Gasteiger partial charge on any atom is 0.138 e. The van der Waals surface area contributed by atoms with Crippen LogP contribution in [-0.4, -0.2) is 0 Å². The summed E-state index contributed by atoms with van der Waals surface area (Å²) in [5.74, 6) is 0. The molecule has 1 aromatic heterocycles. The minimum absolute atomic E-state index is 0.487. The largest absolute Gasteiger partial charge is 0.456 e. The lowest BCUT2D eigenvalue weighted by molar-refractivity contribution is 0.665. The highest BCUT2D eigenvalue weighted by Gasteiger charge is 2.52. The van der Waals surface area contributed by atoms with Gasteiger partial charge in [-0.15, -0.1) is 0 Å². The highest BCUT2D eigenvalue weighted by Crippen LogP contribution is 2.65. The Morgan fingerprint density at radius 2 is 0.792 bits per heavy atom. The quantitative estimate of drug-likeness (QED) is 0.151. The van der Waals surface area contributed by atoms with Gasteiger partial charge in [-0.3, -0.25) is 0 Å². The maximum absolute atomic E-state index is 6.42. The number of hydrogen-bond donors (Lipinski definition) is 0. The monoisotopic (exact) mass is 920 g/mol. The van der Waals surface area contributed by atoms with Crippen LogP contribution in [0.4, 0.5) is 34.1 Å². The highest BCUT2D eigenvalue weighted by molar-refractivity contribution is 6.08. The van der Waals surface area contributed by atoms with Gasteiger partial charge in [-0.25, -0.2) is 0 Å². The lowest BCUT2D eigenvalue weighted by Gasteiger charge is -2.34. The van der Waals surface area contributed by atoms with Crippen molar-refractivity contribution in [1.82, 2.24) is 0 Å². The second kappa shape index (κ2) is 16.5. The van der Waals surface area contributed by atoms with E-state index in [1.165, 1.54) is 50.1 Å². The third kappa shape index (κ3) is 6.24. The molecular weight excluding hydrogens is 873 g/mol. The topological polar surface area (TPSA) is 19.6 Å². The van der Waals surface area contributed by atoms with Crippen molar-refractivity contribution in [2.75, 3.05) is 9.80 Å². The van der Waals surface area contributed by atoms with Gasteiger partial charge < -0.3 is 14.2 Å². The highest BCUT2D eigenvalue weighted by atomic mass is 16.3. The van der Waals surface area contributed by atoms with E-state index in [-0.39, 0.29) is 0 Å². The van der Waals surface area contributed by atoms with Gasteiger partial charge in [0.2, 0.25) is 0 Å². The fraction of sp³-hybridized carbons (Fsp3) is 0.0435. The van der Waals surface area contributed by atoms with Crippen molar-refractivity contribution < 1.29 is 4.42 Å². The van der Waals surface area contributed by atoms with E-state index in [1.54, 1.807) is 0 Å². The Balaban J connectivity index is 1.03. The average molecular weight is 921 g/mol. The molecule has 340 valence electrons. The number of fused-ring (bicyclic) bond motifs is 13. The normalized spacial score (nSPS) is 12.7. The number of rotatable bonds is 8. The lowest BCUT2D eigenvalue weighted by Crippen LogP contribution is -2.26. The minimum Gasteiger partial charge on any atom is -0.456 e. The van der Waals surface area contributed by atoms with Gasteiger partial charge in [-0.1, -0.05) is 182 Å². The Morgan fingerprint density at radius 1 is 0.333 bits per heavy atom. The molecule has 1 spiro atoms. The molecule has 1 heterocycles. The fourth-order valence-electron chi connectivity index (χ4n) is 12.3. The van der Waals surface area contributed by atoms with Crippen molar-refractivity contribution >= 4 is 56.1 Å². The van der Waals surface area contributed by atoms with Crippen molar-refractivity contribution in [2.45, 2.75) is 19.3 Å². The third-order valence-electron chi connectivity index (χ3n) is 15.2. The Labute approximate surface area is 420 Å². The van der Waals surface area contributed by atoms with Gasteiger partial charge in [0.15, 0.2) is 0 Å². The number of para-hydroxylation sites is 3. The summed E-state index contributed by atoms with van der Waals surface area (Å²) in [6.45, 7) is 4.29.